The average Bonchev–Trinajstić information content (AvgIpc) is 3.57. The number of aromatic amines is 2. The van der Waals surface area contributed by atoms with Gasteiger partial charge in [0.15, 0.2) is 0 Å². The van der Waals surface area contributed by atoms with Crippen LogP contribution in [0, 0.1) is 0 Å². The number of carboxylic acid groups (broad SMARTS) is 1. The van der Waals surface area contributed by atoms with Gasteiger partial charge in [0.2, 0.25) is 17.7 Å². The van der Waals surface area contributed by atoms with E-state index in [2.05, 4.69) is 30.9 Å². The van der Waals surface area contributed by atoms with E-state index in [0.29, 0.717) is 25.1 Å². The number of nitrogens with two attached hydrogens (primary N) is 2. The molecule has 0 saturated heterocycles. The number of para-hydroxylation sites is 1. The van der Waals surface area contributed by atoms with E-state index in [1.54, 1.807) is 6.20 Å². The van der Waals surface area contributed by atoms with Crippen molar-refractivity contribution in [3.05, 3.63) is 54.2 Å². The molecule has 1 aromatic carbocycles. The lowest BCUT2D eigenvalue weighted by Gasteiger charge is -2.25. The van der Waals surface area contributed by atoms with Gasteiger partial charge < -0.3 is 42.5 Å². The molecule has 0 aliphatic carbocycles. The van der Waals surface area contributed by atoms with Crippen molar-refractivity contribution in [3.63, 3.8) is 0 Å². The van der Waals surface area contributed by atoms with Gasteiger partial charge in [-0.15, -0.1) is 0 Å². The number of carbonyl (C=O) groups excluding carboxylic acids is 3. The van der Waals surface area contributed by atoms with Gasteiger partial charge in [0, 0.05) is 41.8 Å². The molecule has 2 aromatic heterocycles. The topological polar surface area (TPSA) is 221 Å². The number of unbranched alkanes of at least 4 members (excludes halogenated alkanes) is 1. The van der Waals surface area contributed by atoms with Crippen LogP contribution in [-0.4, -0.2) is 74.5 Å². The minimum atomic E-state index is -1.25. The van der Waals surface area contributed by atoms with Gasteiger partial charge in [-0.05, 0) is 44.4 Å². The Labute approximate surface area is 225 Å². The summed E-state index contributed by atoms with van der Waals surface area (Å²) < 4.78 is 0. The lowest BCUT2D eigenvalue weighted by molar-refractivity contribution is -0.142. The Morgan fingerprint density at radius 2 is 1.64 bits per heavy atom. The molecule has 0 spiro atoms. The van der Waals surface area contributed by atoms with E-state index in [0.717, 1.165) is 16.5 Å². The van der Waals surface area contributed by atoms with Crippen molar-refractivity contribution < 1.29 is 24.3 Å². The molecule has 0 aliphatic heterocycles. The fraction of sp³-hybridized carbons (Fsp3) is 0.423. The highest BCUT2D eigenvalue weighted by atomic mass is 16.4. The van der Waals surface area contributed by atoms with Crippen molar-refractivity contribution in [3.8, 4) is 0 Å². The molecule has 0 aliphatic rings. The van der Waals surface area contributed by atoms with Gasteiger partial charge >= 0.3 is 5.97 Å². The summed E-state index contributed by atoms with van der Waals surface area (Å²) in [6, 6.07) is 3.26. The Kier molecular flexibility index (Phi) is 10.6. The van der Waals surface area contributed by atoms with E-state index < -0.39 is 47.9 Å². The van der Waals surface area contributed by atoms with Crippen LogP contribution in [0.25, 0.3) is 10.9 Å². The van der Waals surface area contributed by atoms with Crippen LogP contribution in [0.3, 0.4) is 0 Å². The summed E-state index contributed by atoms with van der Waals surface area (Å²) in [6.45, 7) is 1.92. The number of fused-ring (bicyclic) bond motifs is 1. The fourth-order valence-corrected chi connectivity index (χ4v) is 4.16. The molecule has 4 unspecified atom stereocenters. The number of hydrogen-bond donors (Lipinski definition) is 8. The van der Waals surface area contributed by atoms with E-state index in [9.17, 15) is 24.3 Å². The highest BCUT2D eigenvalue weighted by molar-refractivity contribution is 5.94. The number of amides is 3. The predicted octanol–water partition coefficient (Wildman–Crippen LogP) is -0.309. The predicted molar refractivity (Wildman–Crippen MR) is 144 cm³/mol. The van der Waals surface area contributed by atoms with Crippen LogP contribution in [0.1, 0.15) is 37.4 Å². The third-order valence-electron chi connectivity index (χ3n) is 6.32. The van der Waals surface area contributed by atoms with Crippen LogP contribution < -0.4 is 27.4 Å². The van der Waals surface area contributed by atoms with Crippen molar-refractivity contribution in [1.29, 1.82) is 0 Å². The molecule has 13 heteroatoms. The number of carbonyl (C=O) groups is 4. The Bertz CT molecular complexity index is 1260. The lowest BCUT2D eigenvalue weighted by atomic mass is 10.0. The molecule has 0 fully saturated rings. The zero-order valence-corrected chi connectivity index (χ0v) is 21.8. The van der Waals surface area contributed by atoms with Gasteiger partial charge in [-0.25, -0.2) is 9.78 Å². The first-order valence-corrected chi connectivity index (χ1v) is 12.8. The van der Waals surface area contributed by atoms with Gasteiger partial charge in [0.05, 0.1) is 12.4 Å². The van der Waals surface area contributed by atoms with E-state index in [1.165, 1.54) is 19.4 Å². The van der Waals surface area contributed by atoms with Crippen LogP contribution in [0.2, 0.25) is 0 Å². The van der Waals surface area contributed by atoms with Crippen molar-refractivity contribution in [2.75, 3.05) is 6.54 Å². The molecule has 3 amide bonds. The normalized spacial score (nSPS) is 14.2. The molecule has 210 valence electrons. The summed E-state index contributed by atoms with van der Waals surface area (Å²) in [5.41, 5.74) is 13.4. The van der Waals surface area contributed by atoms with Crippen molar-refractivity contribution in [2.24, 2.45) is 11.5 Å². The highest BCUT2D eigenvalue weighted by Gasteiger charge is 2.30. The van der Waals surface area contributed by atoms with Crippen LogP contribution in [0.15, 0.2) is 43.0 Å². The zero-order chi connectivity index (χ0) is 28.4. The van der Waals surface area contributed by atoms with Gasteiger partial charge in [-0.2, -0.15) is 0 Å². The minimum absolute atomic E-state index is 0.0216. The second-order valence-electron chi connectivity index (χ2n) is 9.44. The second-order valence-corrected chi connectivity index (χ2v) is 9.44. The summed E-state index contributed by atoms with van der Waals surface area (Å²) in [6.07, 6.45) is 6.20. The molecule has 3 aromatic rings. The molecular formula is C26H36N8O5. The Balaban J connectivity index is 1.77. The number of nitrogens with zero attached hydrogens (tertiary/aromatic N) is 1. The van der Waals surface area contributed by atoms with Gasteiger partial charge in [0.1, 0.15) is 18.1 Å². The van der Waals surface area contributed by atoms with Crippen LogP contribution >= 0.6 is 0 Å². The summed E-state index contributed by atoms with van der Waals surface area (Å²) in [5, 5.41) is 18.6. The maximum Gasteiger partial charge on any atom is 0.326 e. The smallest absolute Gasteiger partial charge is 0.326 e. The molecule has 13 nitrogen and oxygen atoms in total. The standard InChI is InChI=1S/C26H36N8O5/c1-15(28)23(35)32-20(8-4-5-9-27)24(36)33-21(11-17-13-29-14-31-17)25(37)34-22(26(38)39)10-16-12-30-19-7-3-2-6-18(16)19/h2-3,6-7,12-15,20-22,30H,4-5,8-11,27-28H2,1H3,(H,29,31)(H,32,35)(H,33,36)(H,34,37)(H,38,39). The summed E-state index contributed by atoms with van der Waals surface area (Å²) in [5.74, 6) is -3.01. The number of carboxylic acids is 1. The maximum absolute atomic E-state index is 13.4. The van der Waals surface area contributed by atoms with Gasteiger partial charge in [-0.3, -0.25) is 14.4 Å². The van der Waals surface area contributed by atoms with Crippen LogP contribution in [0.4, 0.5) is 0 Å². The molecule has 3 rings (SSSR count). The Hall–Kier alpha value is -4.23. The van der Waals surface area contributed by atoms with E-state index >= 15 is 0 Å². The minimum Gasteiger partial charge on any atom is -0.480 e. The van der Waals surface area contributed by atoms with Crippen molar-refractivity contribution >= 4 is 34.6 Å². The second kappa shape index (κ2) is 14.1. The molecule has 39 heavy (non-hydrogen) atoms. The number of imidazole rings is 1. The number of aliphatic carboxylic acids is 1. The first-order valence-electron chi connectivity index (χ1n) is 12.8. The maximum atomic E-state index is 13.4. The van der Waals surface area contributed by atoms with E-state index in [-0.39, 0.29) is 19.3 Å². The molecule has 0 saturated carbocycles. The quantitative estimate of drug-likeness (QED) is 0.119. The first kappa shape index (κ1) is 29.3. The molecule has 0 radical (unpaired) electrons. The SMILES string of the molecule is CC(N)C(=O)NC(CCCCN)C(=O)NC(Cc1cnc[nH]1)C(=O)NC(Cc1c[nH]c2ccccc12)C(=O)O. The van der Waals surface area contributed by atoms with E-state index in [1.807, 2.05) is 24.3 Å². The number of benzene rings is 1. The number of hydrogen-bond acceptors (Lipinski definition) is 7. The summed E-state index contributed by atoms with van der Waals surface area (Å²) in [7, 11) is 0. The molecule has 2 heterocycles. The number of nitrogens with one attached hydrogen (secondary N) is 5. The average molecular weight is 541 g/mol. The number of H-pyrrole nitrogens is 2. The lowest BCUT2D eigenvalue weighted by Crippen LogP contribution is -2.57. The molecule has 10 N–H and O–H groups in total. The summed E-state index contributed by atoms with van der Waals surface area (Å²) >= 11 is 0. The monoisotopic (exact) mass is 540 g/mol. The van der Waals surface area contributed by atoms with Crippen molar-refractivity contribution in [2.45, 2.75) is 63.2 Å². The fourth-order valence-electron chi connectivity index (χ4n) is 4.16. The Morgan fingerprint density at radius 3 is 2.31 bits per heavy atom. The zero-order valence-electron chi connectivity index (χ0n) is 21.8. The summed E-state index contributed by atoms with van der Waals surface area (Å²) in [4.78, 5) is 60.9. The molecule has 4 atom stereocenters. The van der Waals surface area contributed by atoms with Crippen LogP contribution in [0.5, 0.6) is 0 Å². The van der Waals surface area contributed by atoms with Gasteiger partial charge in [0.25, 0.3) is 0 Å². The number of aromatic nitrogens is 3. The number of rotatable bonds is 15. The van der Waals surface area contributed by atoms with Crippen molar-refractivity contribution in [1.82, 2.24) is 30.9 Å². The van der Waals surface area contributed by atoms with Gasteiger partial charge in [-0.1, -0.05) is 18.2 Å². The Morgan fingerprint density at radius 1 is 0.949 bits per heavy atom. The third kappa shape index (κ3) is 8.38. The molecular weight excluding hydrogens is 504 g/mol. The molecule has 0 bridgehead atoms. The van der Waals surface area contributed by atoms with E-state index in [4.69, 9.17) is 11.5 Å². The first-order chi connectivity index (χ1) is 18.7. The third-order valence-corrected chi connectivity index (χ3v) is 6.32. The largest absolute Gasteiger partial charge is 0.480 e. The van der Waals surface area contributed by atoms with Crippen LogP contribution in [-0.2, 0) is 32.0 Å². The highest BCUT2D eigenvalue weighted by Crippen LogP contribution is 2.19.